The molecule has 0 aromatic heterocycles. The van der Waals surface area contributed by atoms with Gasteiger partial charge >= 0.3 is 0 Å². The summed E-state index contributed by atoms with van der Waals surface area (Å²) in [5, 5.41) is 22.2. The van der Waals surface area contributed by atoms with Crippen molar-refractivity contribution in [3.63, 3.8) is 0 Å². The summed E-state index contributed by atoms with van der Waals surface area (Å²) in [6, 6.07) is 2.26. The molecule has 7 nitrogen and oxygen atoms in total. The summed E-state index contributed by atoms with van der Waals surface area (Å²) in [5.41, 5.74) is -0.447. The van der Waals surface area contributed by atoms with Gasteiger partial charge in [-0.1, -0.05) is 0 Å². The summed E-state index contributed by atoms with van der Waals surface area (Å²) < 4.78 is 5.81. The van der Waals surface area contributed by atoms with E-state index in [1.165, 1.54) is 0 Å². The molecule has 0 unspecified atom stereocenters. The summed E-state index contributed by atoms with van der Waals surface area (Å²) in [5.74, 6) is -0.754. The van der Waals surface area contributed by atoms with Gasteiger partial charge in [0.1, 0.15) is 5.60 Å². The molecule has 28 heavy (non-hydrogen) atoms. The standard InChI is InChI=1S/C21H30N2O5/c1-13-10-17(24)19(26)18(25)11-16(13)20(27)22-12-15-6-8-23(9-7-15)14(2)28-21(3,4)5/h10-11,15H,2,6-9,12H2,1,3-5H3,(H,22,27)(H2,24,25,26). The van der Waals surface area contributed by atoms with Crippen LogP contribution in [0.25, 0.3) is 0 Å². The Hall–Kier alpha value is -2.70. The molecule has 1 amide bonds. The Morgan fingerprint density at radius 2 is 1.89 bits per heavy atom. The molecule has 1 saturated heterocycles. The normalized spacial score (nSPS) is 15.2. The smallest absolute Gasteiger partial charge is 0.251 e. The first-order valence-corrected chi connectivity index (χ1v) is 9.46. The van der Waals surface area contributed by atoms with Gasteiger partial charge in [-0.3, -0.25) is 9.59 Å². The molecule has 1 aromatic rings. The molecular formula is C21H30N2O5. The number of nitrogens with one attached hydrogen (secondary N) is 1. The van der Waals surface area contributed by atoms with Gasteiger partial charge in [-0.05, 0) is 70.7 Å². The molecule has 1 aliphatic rings. The van der Waals surface area contributed by atoms with Gasteiger partial charge in [0.2, 0.25) is 11.2 Å². The largest absolute Gasteiger partial charge is 0.504 e. The molecule has 1 aliphatic heterocycles. The van der Waals surface area contributed by atoms with Gasteiger partial charge in [0.15, 0.2) is 11.6 Å². The second-order valence-corrected chi connectivity index (χ2v) is 8.23. The van der Waals surface area contributed by atoms with Crippen LogP contribution in [0.5, 0.6) is 11.5 Å². The average Bonchev–Trinajstić information content (AvgIpc) is 2.70. The number of likely N-dealkylation sites (tertiary alicyclic amines) is 1. The van der Waals surface area contributed by atoms with E-state index in [2.05, 4.69) is 16.8 Å². The Bertz CT molecular complexity index is 806. The van der Waals surface area contributed by atoms with Crippen LogP contribution in [0.4, 0.5) is 0 Å². The topological polar surface area (TPSA) is 99.1 Å². The van der Waals surface area contributed by atoms with Crippen molar-refractivity contribution in [1.29, 1.82) is 0 Å². The van der Waals surface area contributed by atoms with E-state index in [1.807, 2.05) is 20.8 Å². The summed E-state index contributed by atoms with van der Waals surface area (Å²) in [7, 11) is 0. The van der Waals surface area contributed by atoms with Crippen LogP contribution < -0.4 is 10.7 Å². The minimum absolute atomic E-state index is 0.166. The lowest BCUT2D eigenvalue weighted by atomic mass is 9.96. The van der Waals surface area contributed by atoms with E-state index in [-0.39, 0.29) is 17.1 Å². The maximum absolute atomic E-state index is 12.5. The van der Waals surface area contributed by atoms with Crippen molar-refractivity contribution < 1.29 is 19.7 Å². The maximum Gasteiger partial charge on any atom is 0.251 e. The summed E-state index contributed by atoms with van der Waals surface area (Å²) in [6.45, 7) is 13.7. The molecule has 0 aliphatic carbocycles. The number of carbonyl (C=O) groups excluding carboxylic acids is 1. The first kappa shape index (κ1) is 21.6. The van der Waals surface area contributed by atoms with Gasteiger partial charge < -0.3 is 25.2 Å². The third-order valence-corrected chi connectivity index (χ3v) is 4.72. The SMILES string of the molecule is C=C(OC(C)(C)C)N1CCC(CNC(=O)c2cc(O)c(O)c(=O)cc2C)CC1. The number of nitrogens with zero attached hydrogens (tertiary/aromatic N) is 1. The predicted octanol–water partition coefficient (Wildman–Crippen LogP) is 2.49. The summed E-state index contributed by atoms with van der Waals surface area (Å²) >= 11 is 0. The molecule has 3 N–H and O–H groups in total. The molecule has 7 heteroatoms. The number of carbonyl (C=O) groups is 1. The van der Waals surface area contributed by atoms with Gasteiger partial charge in [-0.25, -0.2) is 0 Å². The van der Waals surface area contributed by atoms with E-state index < -0.39 is 16.9 Å². The maximum atomic E-state index is 12.5. The lowest BCUT2D eigenvalue weighted by Gasteiger charge is -2.36. The predicted molar refractivity (Wildman–Crippen MR) is 107 cm³/mol. The molecule has 0 spiro atoms. The van der Waals surface area contributed by atoms with E-state index in [0.29, 0.717) is 23.9 Å². The Labute approximate surface area is 165 Å². The Kier molecular flexibility index (Phi) is 6.59. The summed E-state index contributed by atoms with van der Waals surface area (Å²) in [4.78, 5) is 26.3. The number of rotatable bonds is 5. The van der Waals surface area contributed by atoms with Crippen LogP contribution in [0.1, 0.15) is 49.5 Å². The van der Waals surface area contributed by atoms with Gasteiger partial charge in [0, 0.05) is 25.2 Å². The molecule has 1 fully saturated rings. The molecular weight excluding hydrogens is 360 g/mol. The second-order valence-electron chi connectivity index (χ2n) is 8.23. The molecule has 0 bridgehead atoms. The van der Waals surface area contributed by atoms with Crippen LogP contribution in [-0.2, 0) is 4.74 Å². The van der Waals surface area contributed by atoms with Gasteiger partial charge in [-0.15, -0.1) is 0 Å². The van der Waals surface area contributed by atoms with E-state index >= 15 is 0 Å². The molecule has 1 aromatic carbocycles. The second kappa shape index (κ2) is 8.54. The number of hydrogen-bond acceptors (Lipinski definition) is 6. The monoisotopic (exact) mass is 390 g/mol. The van der Waals surface area contributed by atoms with Crippen LogP contribution in [0, 0.1) is 12.8 Å². The highest BCUT2D eigenvalue weighted by Gasteiger charge is 2.24. The molecule has 154 valence electrons. The van der Waals surface area contributed by atoms with Gasteiger partial charge in [0.25, 0.3) is 5.91 Å². The quantitative estimate of drug-likeness (QED) is 0.668. The highest BCUT2D eigenvalue weighted by molar-refractivity contribution is 5.96. The van der Waals surface area contributed by atoms with Crippen LogP contribution in [-0.4, -0.2) is 46.3 Å². The number of piperidine rings is 1. The first-order valence-electron chi connectivity index (χ1n) is 9.46. The highest BCUT2D eigenvalue weighted by Crippen LogP contribution is 2.24. The van der Waals surface area contributed by atoms with E-state index in [4.69, 9.17) is 4.74 Å². The molecule has 1 heterocycles. The Morgan fingerprint density at radius 1 is 1.29 bits per heavy atom. The first-order chi connectivity index (χ1) is 13.0. The van der Waals surface area contributed by atoms with Crippen LogP contribution in [0.2, 0.25) is 0 Å². The van der Waals surface area contributed by atoms with Crippen molar-refractivity contribution in [2.24, 2.45) is 5.92 Å². The van der Waals surface area contributed by atoms with Crippen LogP contribution in [0.15, 0.2) is 29.4 Å². The third-order valence-electron chi connectivity index (χ3n) is 4.72. The fourth-order valence-electron chi connectivity index (χ4n) is 3.17. The van der Waals surface area contributed by atoms with Crippen molar-refractivity contribution in [3.8, 4) is 11.5 Å². The Morgan fingerprint density at radius 3 is 2.46 bits per heavy atom. The zero-order valence-electron chi connectivity index (χ0n) is 17.0. The van der Waals surface area contributed by atoms with Crippen molar-refractivity contribution >= 4 is 5.91 Å². The Balaban J connectivity index is 1.92. The van der Waals surface area contributed by atoms with Crippen LogP contribution in [0.3, 0.4) is 0 Å². The highest BCUT2D eigenvalue weighted by atomic mass is 16.5. The number of aromatic hydroxyl groups is 2. The molecule has 0 atom stereocenters. The zero-order chi connectivity index (χ0) is 21.1. The van der Waals surface area contributed by atoms with E-state index in [1.54, 1.807) is 6.92 Å². The van der Waals surface area contributed by atoms with E-state index in [9.17, 15) is 19.8 Å². The number of aryl methyl sites for hydroxylation is 1. The fourth-order valence-corrected chi connectivity index (χ4v) is 3.17. The van der Waals surface area contributed by atoms with Gasteiger partial charge in [-0.2, -0.15) is 0 Å². The van der Waals surface area contributed by atoms with Crippen LogP contribution >= 0.6 is 0 Å². The number of amides is 1. The lowest BCUT2D eigenvalue weighted by molar-refractivity contribution is -0.00542. The zero-order valence-corrected chi connectivity index (χ0v) is 17.0. The number of ether oxygens (including phenoxy) is 1. The fraction of sp³-hybridized carbons (Fsp3) is 0.524. The minimum Gasteiger partial charge on any atom is -0.504 e. The van der Waals surface area contributed by atoms with Crippen molar-refractivity contribution in [1.82, 2.24) is 10.2 Å². The van der Waals surface area contributed by atoms with Crippen molar-refractivity contribution in [3.05, 3.63) is 45.9 Å². The molecule has 0 saturated carbocycles. The number of hydrogen-bond donors (Lipinski definition) is 3. The molecule has 2 rings (SSSR count). The van der Waals surface area contributed by atoms with E-state index in [0.717, 1.165) is 38.1 Å². The lowest BCUT2D eigenvalue weighted by Crippen LogP contribution is -2.39. The van der Waals surface area contributed by atoms with Gasteiger partial charge in [0.05, 0.1) is 0 Å². The van der Waals surface area contributed by atoms with Crippen molar-refractivity contribution in [2.45, 2.75) is 46.1 Å². The summed E-state index contributed by atoms with van der Waals surface area (Å²) in [6.07, 6.45) is 1.79. The minimum atomic E-state index is -0.757. The third kappa shape index (κ3) is 5.65. The average molecular weight is 390 g/mol. The van der Waals surface area contributed by atoms with Crippen molar-refractivity contribution in [2.75, 3.05) is 19.6 Å². The molecule has 0 radical (unpaired) electrons.